The summed E-state index contributed by atoms with van der Waals surface area (Å²) in [5.41, 5.74) is 1.76. The molecule has 0 fully saturated rings. The molecule has 20 heavy (non-hydrogen) atoms. The fraction of sp³-hybridized carbons (Fsp3) is 0.471. The van der Waals surface area contributed by atoms with E-state index in [1.165, 1.54) is 0 Å². The fourth-order valence-corrected chi connectivity index (χ4v) is 2.53. The lowest BCUT2D eigenvalue weighted by Crippen LogP contribution is -2.12. The maximum atomic E-state index is 12.6. The predicted molar refractivity (Wildman–Crippen MR) is 82.5 cm³/mol. The first-order valence-corrected chi connectivity index (χ1v) is 7.38. The highest BCUT2D eigenvalue weighted by Crippen LogP contribution is 2.27. The van der Waals surface area contributed by atoms with Crippen molar-refractivity contribution in [1.29, 1.82) is 0 Å². The standard InChI is InChI=1S/C17H23NO2/c1-5-12(6-2)17(19)15-10-18-16-8-7-13(9-14(15)16)20-11(3)4/h7-12,18H,5-6H2,1-4H3. The molecular weight excluding hydrogens is 250 g/mol. The maximum absolute atomic E-state index is 12.6. The molecule has 1 N–H and O–H groups in total. The Hall–Kier alpha value is -1.77. The quantitative estimate of drug-likeness (QED) is 0.783. The van der Waals surface area contributed by atoms with E-state index in [1.807, 2.05) is 38.2 Å². The Balaban J connectivity index is 2.41. The number of rotatable bonds is 6. The number of H-pyrrole nitrogens is 1. The summed E-state index contributed by atoms with van der Waals surface area (Å²) in [7, 11) is 0. The highest BCUT2D eigenvalue weighted by atomic mass is 16.5. The summed E-state index contributed by atoms with van der Waals surface area (Å²) in [5, 5.41) is 0.958. The van der Waals surface area contributed by atoms with Crippen LogP contribution in [0.3, 0.4) is 0 Å². The molecule has 0 radical (unpaired) electrons. The van der Waals surface area contributed by atoms with Crippen molar-refractivity contribution in [1.82, 2.24) is 4.98 Å². The van der Waals surface area contributed by atoms with Crippen molar-refractivity contribution in [2.75, 3.05) is 0 Å². The summed E-state index contributed by atoms with van der Waals surface area (Å²) in [6.07, 6.45) is 3.71. The minimum Gasteiger partial charge on any atom is -0.491 e. The van der Waals surface area contributed by atoms with Crippen LogP contribution in [0.4, 0.5) is 0 Å². The van der Waals surface area contributed by atoms with Gasteiger partial charge in [0.1, 0.15) is 5.75 Å². The molecule has 1 aromatic heterocycles. The second-order valence-electron chi connectivity index (χ2n) is 5.45. The smallest absolute Gasteiger partial charge is 0.168 e. The number of aromatic nitrogens is 1. The predicted octanol–water partition coefficient (Wildman–Crippen LogP) is 4.57. The van der Waals surface area contributed by atoms with Gasteiger partial charge in [0.2, 0.25) is 0 Å². The van der Waals surface area contributed by atoms with Crippen LogP contribution < -0.4 is 4.74 Å². The van der Waals surface area contributed by atoms with E-state index in [2.05, 4.69) is 18.8 Å². The first-order chi connectivity index (χ1) is 9.56. The van der Waals surface area contributed by atoms with Gasteiger partial charge >= 0.3 is 0 Å². The van der Waals surface area contributed by atoms with Crippen LogP contribution in [0.2, 0.25) is 0 Å². The van der Waals surface area contributed by atoms with Crippen LogP contribution in [0.1, 0.15) is 50.9 Å². The molecule has 108 valence electrons. The van der Waals surface area contributed by atoms with Gasteiger partial charge in [-0.3, -0.25) is 4.79 Å². The van der Waals surface area contributed by atoms with Crippen LogP contribution in [-0.4, -0.2) is 16.9 Å². The number of carbonyl (C=O) groups excluding carboxylic acids is 1. The van der Waals surface area contributed by atoms with Crippen molar-refractivity contribution in [2.24, 2.45) is 5.92 Å². The van der Waals surface area contributed by atoms with Gasteiger partial charge in [0, 0.05) is 28.6 Å². The lowest BCUT2D eigenvalue weighted by Gasteiger charge is -2.11. The highest BCUT2D eigenvalue weighted by molar-refractivity contribution is 6.09. The molecule has 0 bridgehead atoms. The van der Waals surface area contributed by atoms with Gasteiger partial charge in [-0.25, -0.2) is 0 Å². The summed E-state index contributed by atoms with van der Waals surface area (Å²) in [4.78, 5) is 15.7. The van der Waals surface area contributed by atoms with E-state index in [-0.39, 0.29) is 17.8 Å². The van der Waals surface area contributed by atoms with Crippen molar-refractivity contribution in [2.45, 2.75) is 46.6 Å². The van der Waals surface area contributed by atoms with Gasteiger partial charge in [0.25, 0.3) is 0 Å². The number of ether oxygens (including phenoxy) is 1. The number of hydrogen-bond acceptors (Lipinski definition) is 2. The molecule has 0 aliphatic heterocycles. The molecule has 0 unspecified atom stereocenters. The van der Waals surface area contributed by atoms with Gasteiger partial charge in [0.15, 0.2) is 5.78 Å². The number of ketones is 1. The van der Waals surface area contributed by atoms with Crippen molar-refractivity contribution in [3.05, 3.63) is 30.0 Å². The first-order valence-electron chi connectivity index (χ1n) is 7.38. The van der Waals surface area contributed by atoms with Crippen LogP contribution in [0.15, 0.2) is 24.4 Å². The average Bonchev–Trinajstić information content (AvgIpc) is 2.82. The number of aromatic amines is 1. The lowest BCUT2D eigenvalue weighted by molar-refractivity contribution is 0.0915. The molecule has 2 rings (SSSR count). The maximum Gasteiger partial charge on any atom is 0.168 e. The number of benzene rings is 1. The summed E-state index contributed by atoms with van der Waals surface area (Å²) >= 11 is 0. The third kappa shape index (κ3) is 2.87. The Bertz CT molecular complexity index is 594. The Morgan fingerprint density at radius 2 is 1.95 bits per heavy atom. The van der Waals surface area contributed by atoms with E-state index in [0.29, 0.717) is 0 Å². The zero-order valence-electron chi connectivity index (χ0n) is 12.7. The number of Topliss-reactive ketones (excluding diaryl/α,β-unsaturated/α-hetero) is 1. The number of carbonyl (C=O) groups is 1. The van der Waals surface area contributed by atoms with Crippen molar-refractivity contribution in [3.63, 3.8) is 0 Å². The Kier molecular flexibility index (Phi) is 4.48. The normalized spacial score (nSPS) is 11.5. The highest BCUT2D eigenvalue weighted by Gasteiger charge is 2.20. The van der Waals surface area contributed by atoms with E-state index < -0.39 is 0 Å². The molecule has 3 nitrogen and oxygen atoms in total. The topological polar surface area (TPSA) is 42.1 Å². The van der Waals surface area contributed by atoms with Crippen molar-refractivity contribution >= 4 is 16.7 Å². The van der Waals surface area contributed by atoms with Gasteiger partial charge in [-0.15, -0.1) is 0 Å². The molecule has 0 aliphatic carbocycles. The Morgan fingerprint density at radius 1 is 1.25 bits per heavy atom. The molecule has 2 aromatic rings. The molecule has 1 heterocycles. The SMILES string of the molecule is CCC(CC)C(=O)c1c[nH]c2ccc(OC(C)C)cc12. The second-order valence-corrected chi connectivity index (χ2v) is 5.45. The minimum atomic E-state index is 0.101. The zero-order chi connectivity index (χ0) is 14.7. The van der Waals surface area contributed by atoms with Gasteiger partial charge in [-0.1, -0.05) is 13.8 Å². The summed E-state index contributed by atoms with van der Waals surface area (Å²) in [6.45, 7) is 8.12. The Labute approximate surface area is 120 Å². The Morgan fingerprint density at radius 3 is 2.55 bits per heavy atom. The molecule has 0 spiro atoms. The summed E-state index contributed by atoms with van der Waals surface area (Å²) in [6, 6.07) is 5.86. The van der Waals surface area contributed by atoms with E-state index in [9.17, 15) is 4.79 Å². The van der Waals surface area contributed by atoms with E-state index in [0.717, 1.165) is 35.1 Å². The van der Waals surface area contributed by atoms with E-state index >= 15 is 0 Å². The van der Waals surface area contributed by atoms with Gasteiger partial charge in [-0.2, -0.15) is 0 Å². The molecule has 0 saturated heterocycles. The van der Waals surface area contributed by atoms with Crippen molar-refractivity contribution in [3.8, 4) is 5.75 Å². The molecule has 0 saturated carbocycles. The molecular formula is C17H23NO2. The molecule has 3 heteroatoms. The van der Waals surface area contributed by atoms with Gasteiger partial charge in [0.05, 0.1) is 6.10 Å². The summed E-state index contributed by atoms with van der Waals surface area (Å²) < 4.78 is 5.71. The van der Waals surface area contributed by atoms with E-state index in [4.69, 9.17) is 4.74 Å². The molecule has 0 amide bonds. The zero-order valence-corrected chi connectivity index (χ0v) is 12.7. The number of nitrogens with one attached hydrogen (secondary N) is 1. The third-order valence-electron chi connectivity index (χ3n) is 3.65. The van der Waals surface area contributed by atoms with Crippen LogP contribution in [0.25, 0.3) is 10.9 Å². The lowest BCUT2D eigenvalue weighted by atomic mass is 9.93. The van der Waals surface area contributed by atoms with E-state index in [1.54, 1.807) is 0 Å². The average molecular weight is 273 g/mol. The van der Waals surface area contributed by atoms with Crippen LogP contribution in [-0.2, 0) is 0 Å². The second kappa shape index (κ2) is 6.12. The number of hydrogen-bond donors (Lipinski definition) is 1. The van der Waals surface area contributed by atoms with Gasteiger partial charge in [-0.05, 0) is 44.9 Å². The minimum absolute atomic E-state index is 0.101. The third-order valence-corrected chi connectivity index (χ3v) is 3.65. The molecule has 0 atom stereocenters. The fourth-order valence-electron chi connectivity index (χ4n) is 2.53. The first kappa shape index (κ1) is 14.6. The largest absolute Gasteiger partial charge is 0.491 e. The van der Waals surface area contributed by atoms with Crippen LogP contribution >= 0.6 is 0 Å². The van der Waals surface area contributed by atoms with Crippen molar-refractivity contribution < 1.29 is 9.53 Å². The van der Waals surface area contributed by atoms with Gasteiger partial charge < -0.3 is 9.72 Å². The summed E-state index contributed by atoms with van der Waals surface area (Å²) in [5.74, 6) is 1.14. The van der Waals surface area contributed by atoms with Crippen LogP contribution in [0.5, 0.6) is 5.75 Å². The number of fused-ring (bicyclic) bond motifs is 1. The molecule has 1 aromatic carbocycles. The van der Waals surface area contributed by atoms with Crippen LogP contribution in [0, 0.1) is 5.92 Å². The molecule has 0 aliphatic rings. The monoisotopic (exact) mass is 273 g/mol.